The van der Waals surface area contributed by atoms with Crippen LogP contribution in [0.25, 0.3) is 22.2 Å². The van der Waals surface area contributed by atoms with Gasteiger partial charge in [0.05, 0.1) is 17.6 Å². The highest BCUT2D eigenvalue weighted by atomic mass is 19.4. The highest BCUT2D eigenvalue weighted by Crippen LogP contribution is 2.29. The lowest BCUT2D eigenvalue weighted by atomic mass is 10.0. The molecule has 2 aromatic carbocycles. The molecule has 0 aliphatic carbocycles. The van der Waals surface area contributed by atoms with Gasteiger partial charge >= 0.3 is 12.3 Å². The molecule has 3 rings (SSSR count). The zero-order valence-corrected chi connectivity index (χ0v) is 14.9. The van der Waals surface area contributed by atoms with E-state index in [2.05, 4.69) is 9.72 Å². The Bertz CT molecular complexity index is 1110. The minimum atomic E-state index is -4.79. The lowest BCUT2D eigenvalue weighted by Crippen LogP contribution is -2.27. The number of esters is 1. The zero-order chi connectivity index (χ0) is 20.5. The Morgan fingerprint density at radius 2 is 1.86 bits per heavy atom. The standard InChI is InChI=1S/C19H15F3N2O4/c1-3-27-18(26)16-17(25)24(2)15-10-12(7-8-14(15)23-16)11-5-4-6-13(9-11)28-19(20,21)22/h4-10H,3H2,1-2H3. The first-order chi connectivity index (χ1) is 13.2. The van der Waals surface area contributed by atoms with Gasteiger partial charge in [-0.05, 0) is 42.3 Å². The number of hydrogen-bond donors (Lipinski definition) is 0. The molecule has 0 fully saturated rings. The van der Waals surface area contributed by atoms with Crippen LogP contribution in [0, 0.1) is 0 Å². The van der Waals surface area contributed by atoms with E-state index in [-0.39, 0.29) is 18.1 Å². The van der Waals surface area contributed by atoms with Gasteiger partial charge in [0.2, 0.25) is 5.69 Å². The fourth-order valence-corrected chi connectivity index (χ4v) is 2.71. The first-order valence-corrected chi connectivity index (χ1v) is 8.23. The molecule has 0 N–H and O–H groups in total. The third-order valence-electron chi connectivity index (χ3n) is 3.95. The molecule has 146 valence electrons. The first kappa shape index (κ1) is 19.4. The molecule has 0 bridgehead atoms. The fraction of sp³-hybridized carbons (Fsp3) is 0.211. The number of aryl methyl sites for hydroxylation is 1. The molecule has 3 aromatic rings. The van der Waals surface area contributed by atoms with Crippen LogP contribution in [0.4, 0.5) is 13.2 Å². The Hall–Kier alpha value is -3.36. The van der Waals surface area contributed by atoms with Crippen molar-refractivity contribution in [2.75, 3.05) is 6.61 Å². The van der Waals surface area contributed by atoms with Crippen molar-refractivity contribution >= 4 is 17.0 Å². The number of fused-ring (bicyclic) bond motifs is 1. The van der Waals surface area contributed by atoms with Gasteiger partial charge < -0.3 is 14.0 Å². The van der Waals surface area contributed by atoms with Crippen LogP contribution in [0.15, 0.2) is 47.3 Å². The van der Waals surface area contributed by atoms with E-state index >= 15 is 0 Å². The lowest BCUT2D eigenvalue weighted by Gasteiger charge is -2.12. The largest absolute Gasteiger partial charge is 0.573 e. The van der Waals surface area contributed by atoms with E-state index in [1.165, 1.54) is 29.8 Å². The maximum Gasteiger partial charge on any atom is 0.573 e. The Kier molecular flexibility index (Phi) is 5.08. The van der Waals surface area contributed by atoms with Crippen molar-refractivity contribution in [3.63, 3.8) is 0 Å². The number of benzene rings is 2. The van der Waals surface area contributed by atoms with Crippen LogP contribution in [0.3, 0.4) is 0 Å². The van der Waals surface area contributed by atoms with Crippen molar-refractivity contribution < 1.29 is 27.4 Å². The van der Waals surface area contributed by atoms with E-state index in [0.29, 0.717) is 22.2 Å². The van der Waals surface area contributed by atoms with Crippen LogP contribution >= 0.6 is 0 Å². The molecule has 28 heavy (non-hydrogen) atoms. The smallest absolute Gasteiger partial charge is 0.461 e. The molecule has 0 amide bonds. The molecular formula is C19H15F3N2O4. The summed E-state index contributed by atoms with van der Waals surface area (Å²) in [5, 5.41) is 0. The van der Waals surface area contributed by atoms with Crippen LogP contribution in [-0.4, -0.2) is 28.5 Å². The summed E-state index contributed by atoms with van der Waals surface area (Å²) in [7, 11) is 1.47. The summed E-state index contributed by atoms with van der Waals surface area (Å²) in [6.07, 6.45) is -4.79. The van der Waals surface area contributed by atoms with Crippen LogP contribution in [0.2, 0.25) is 0 Å². The highest BCUT2D eigenvalue weighted by Gasteiger charge is 2.31. The average molecular weight is 392 g/mol. The first-order valence-electron chi connectivity index (χ1n) is 8.23. The fourth-order valence-electron chi connectivity index (χ4n) is 2.71. The van der Waals surface area contributed by atoms with Gasteiger partial charge in [-0.15, -0.1) is 13.2 Å². The van der Waals surface area contributed by atoms with E-state index in [1.807, 2.05) is 0 Å². The van der Waals surface area contributed by atoms with Gasteiger partial charge in [-0.3, -0.25) is 4.79 Å². The Balaban J connectivity index is 2.07. The van der Waals surface area contributed by atoms with Crippen molar-refractivity contribution in [2.45, 2.75) is 13.3 Å². The summed E-state index contributed by atoms with van der Waals surface area (Å²) in [5.74, 6) is -1.17. The molecule has 0 aliphatic rings. The predicted octanol–water partition coefficient (Wildman–Crippen LogP) is 3.68. The molecule has 0 aliphatic heterocycles. The molecule has 0 spiro atoms. The van der Waals surface area contributed by atoms with Crippen LogP contribution < -0.4 is 10.3 Å². The minimum Gasteiger partial charge on any atom is -0.461 e. The number of rotatable bonds is 4. The van der Waals surface area contributed by atoms with Crippen LogP contribution in [0.1, 0.15) is 17.4 Å². The molecule has 0 unspecified atom stereocenters. The number of ether oxygens (including phenoxy) is 2. The maximum atomic E-state index is 12.4. The monoisotopic (exact) mass is 392 g/mol. The van der Waals surface area contributed by atoms with Crippen molar-refractivity contribution in [2.24, 2.45) is 7.05 Å². The average Bonchev–Trinajstić information content (AvgIpc) is 2.63. The number of nitrogens with zero attached hydrogens (tertiary/aromatic N) is 2. The number of carbonyl (C=O) groups is 1. The van der Waals surface area contributed by atoms with Gasteiger partial charge in [0.25, 0.3) is 5.56 Å². The van der Waals surface area contributed by atoms with Crippen LogP contribution in [-0.2, 0) is 11.8 Å². The number of hydrogen-bond acceptors (Lipinski definition) is 5. The van der Waals surface area contributed by atoms with E-state index in [4.69, 9.17) is 4.74 Å². The van der Waals surface area contributed by atoms with Crippen molar-refractivity contribution in [3.8, 4) is 16.9 Å². The number of alkyl halides is 3. The number of aromatic nitrogens is 2. The Morgan fingerprint density at radius 1 is 1.14 bits per heavy atom. The lowest BCUT2D eigenvalue weighted by molar-refractivity contribution is -0.274. The van der Waals surface area contributed by atoms with E-state index in [1.54, 1.807) is 31.2 Å². The van der Waals surface area contributed by atoms with E-state index in [9.17, 15) is 22.8 Å². The summed E-state index contributed by atoms with van der Waals surface area (Å²) in [6, 6.07) is 10.3. The van der Waals surface area contributed by atoms with Gasteiger partial charge in [-0.1, -0.05) is 18.2 Å². The second-order valence-corrected chi connectivity index (χ2v) is 5.82. The van der Waals surface area contributed by atoms with Gasteiger partial charge in [-0.25, -0.2) is 9.78 Å². The second kappa shape index (κ2) is 7.34. The zero-order valence-electron chi connectivity index (χ0n) is 14.9. The summed E-state index contributed by atoms with van der Waals surface area (Å²) < 4.78 is 47.3. The summed E-state index contributed by atoms with van der Waals surface area (Å²) in [6.45, 7) is 1.73. The quantitative estimate of drug-likeness (QED) is 0.634. The Morgan fingerprint density at radius 3 is 2.54 bits per heavy atom. The van der Waals surface area contributed by atoms with Crippen molar-refractivity contribution in [1.82, 2.24) is 9.55 Å². The topological polar surface area (TPSA) is 70.4 Å². The van der Waals surface area contributed by atoms with E-state index < -0.39 is 17.9 Å². The third-order valence-corrected chi connectivity index (χ3v) is 3.95. The molecular weight excluding hydrogens is 377 g/mol. The normalized spacial score (nSPS) is 11.5. The number of halogens is 3. The van der Waals surface area contributed by atoms with Crippen LogP contribution in [0.5, 0.6) is 5.75 Å². The SMILES string of the molecule is CCOC(=O)c1nc2ccc(-c3cccc(OC(F)(F)F)c3)cc2n(C)c1=O. The third kappa shape index (κ3) is 3.98. The van der Waals surface area contributed by atoms with Gasteiger partial charge in [-0.2, -0.15) is 0 Å². The molecule has 1 heterocycles. The minimum absolute atomic E-state index is 0.108. The predicted molar refractivity (Wildman–Crippen MR) is 95.1 cm³/mol. The van der Waals surface area contributed by atoms with Gasteiger partial charge in [0.15, 0.2) is 0 Å². The van der Waals surface area contributed by atoms with Gasteiger partial charge in [0.1, 0.15) is 5.75 Å². The maximum absolute atomic E-state index is 12.4. The molecule has 0 saturated heterocycles. The molecule has 9 heteroatoms. The molecule has 0 atom stereocenters. The second-order valence-electron chi connectivity index (χ2n) is 5.82. The number of carbonyl (C=O) groups excluding carboxylic acids is 1. The highest BCUT2D eigenvalue weighted by molar-refractivity contribution is 5.90. The van der Waals surface area contributed by atoms with Crippen molar-refractivity contribution in [1.29, 1.82) is 0 Å². The summed E-state index contributed by atoms with van der Waals surface area (Å²) >= 11 is 0. The van der Waals surface area contributed by atoms with Crippen molar-refractivity contribution in [3.05, 3.63) is 58.5 Å². The van der Waals surface area contributed by atoms with Gasteiger partial charge in [0, 0.05) is 7.05 Å². The molecule has 0 radical (unpaired) electrons. The molecule has 0 saturated carbocycles. The summed E-state index contributed by atoms with van der Waals surface area (Å²) in [5.41, 5.74) is 0.850. The van der Waals surface area contributed by atoms with E-state index in [0.717, 1.165) is 0 Å². The summed E-state index contributed by atoms with van der Waals surface area (Å²) in [4.78, 5) is 28.4. The molecule has 1 aromatic heterocycles. The molecule has 6 nitrogen and oxygen atoms in total. The Labute approximate surface area is 157 Å².